The summed E-state index contributed by atoms with van der Waals surface area (Å²) in [6.07, 6.45) is 1.87. The minimum atomic E-state index is 0.627. The van der Waals surface area contributed by atoms with Gasteiger partial charge in [-0.25, -0.2) is 0 Å². The molecule has 19 heavy (non-hydrogen) atoms. The highest BCUT2D eigenvalue weighted by molar-refractivity contribution is 6.30. The lowest BCUT2D eigenvalue weighted by atomic mass is 10.2. The summed E-state index contributed by atoms with van der Waals surface area (Å²) < 4.78 is 5.56. The Morgan fingerprint density at radius 3 is 2.79 bits per heavy atom. The van der Waals surface area contributed by atoms with Crippen LogP contribution in [0.1, 0.15) is 18.2 Å². The summed E-state index contributed by atoms with van der Waals surface area (Å²) in [5.74, 6) is 0.812. The second kappa shape index (κ2) is 6.43. The van der Waals surface area contributed by atoms with E-state index in [9.17, 15) is 0 Å². The number of nitrogens with zero attached hydrogens (tertiary/aromatic N) is 1. The zero-order chi connectivity index (χ0) is 13.7. The molecule has 0 fully saturated rings. The first-order valence-corrected chi connectivity index (χ1v) is 6.64. The van der Waals surface area contributed by atoms with E-state index < -0.39 is 0 Å². The van der Waals surface area contributed by atoms with E-state index >= 15 is 0 Å². The Kier molecular flexibility index (Phi) is 4.63. The van der Waals surface area contributed by atoms with E-state index in [1.54, 1.807) is 0 Å². The van der Waals surface area contributed by atoms with Crippen molar-refractivity contribution in [3.8, 4) is 5.75 Å². The Morgan fingerprint density at radius 1 is 1.26 bits per heavy atom. The second-order valence-corrected chi connectivity index (χ2v) is 4.67. The maximum absolute atomic E-state index is 6.01. The van der Waals surface area contributed by atoms with Crippen molar-refractivity contribution in [2.24, 2.45) is 0 Å². The molecule has 0 saturated heterocycles. The average Bonchev–Trinajstić information content (AvgIpc) is 2.41. The first kappa shape index (κ1) is 13.7. The van der Waals surface area contributed by atoms with E-state index in [0.29, 0.717) is 18.2 Å². The summed E-state index contributed by atoms with van der Waals surface area (Å²) >= 11 is 6.01. The van der Waals surface area contributed by atoms with Crippen molar-refractivity contribution in [1.29, 1.82) is 0 Å². The molecule has 2 aromatic rings. The fourth-order valence-corrected chi connectivity index (χ4v) is 1.89. The number of benzene rings is 1. The molecule has 0 saturated carbocycles. The second-order valence-electron chi connectivity index (χ2n) is 4.23. The molecule has 0 atom stereocenters. The summed E-state index contributed by atoms with van der Waals surface area (Å²) in [4.78, 5) is 4.27. The van der Waals surface area contributed by atoms with E-state index in [4.69, 9.17) is 16.3 Å². The number of aromatic nitrogens is 1. The lowest BCUT2D eigenvalue weighted by Gasteiger charge is -2.12. The summed E-state index contributed by atoms with van der Waals surface area (Å²) in [6.45, 7) is 5.25. The van der Waals surface area contributed by atoms with Gasteiger partial charge in [-0.15, -0.1) is 0 Å². The Bertz CT molecular complexity index is 540. The van der Waals surface area contributed by atoms with Crippen molar-refractivity contribution in [1.82, 2.24) is 4.98 Å². The molecule has 1 aromatic carbocycles. The molecule has 0 unspecified atom stereocenters. The number of nitrogens with one attached hydrogen (secondary N) is 1. The van der Waals surface area contributed by atoms with Crippen molar-refractivity contribution in [3.05, 3.63) is 52.8 Å². The van der Waals surface area contributed by atoms with Gasteiger partial charge in [-0.05, 0) is 43.7 Å². The topological polar surface area (TPSA) is 34.1 Å². The highest BCUT2D eigenvalue weighted by Gasteiger charge is 2.04. The number of ether oxygens (including phenoxy) is 1. The lowest BCUT2D eigenvalue weighted by Crippen LogP contribution is -2.03. The first-order chi connectivity index (χ1) is 9.19. The molecule has 1 N–H and O–H groups in total. The first-order valence-electron chi connectivity index (χ1n) is 6.27. The largest absolute Gasteiger partial charge is 0.492 e. The maximum Gasteiger partial charge on any atom is 0.142 e. The van der Waals surface area contributed by atoms with Gasteiger partial charge in [0.2, 0.25) is 0 Å². The van der Waals surface area contributed by atoms with Crippen LogP contribution in [0.2, 0.25) is 5.02 Å². The molecule has 0 amide bonds. The fraction of sp³-hybridized carbons (Fsp3) is 0.267. The van der Waals surface area contributed by atoms with Crippen LogP contribution in [0, 0.1) is 6.92 Å². The van der Waals surface area contributed by atoms with E-state index in [2.05, 4.69) is 16.4 Å². The summed E-state index contributed by atoms with van der Waals surface area (Å²) in [5, 5.41) is 4.01. The van der Waals surface area contributed by atoms with E-state index in [0.717, 1.165) is 22.7 Å². The smallest absolute Gasteiger partial charge is 0.142 e. The molecule has 3 nitrogen and oxygen atoms in total. The van der Waals surface area contributed by atoms with Crippen LogP contribution < -0.4 is 10.1 Å². The average molecular weight is 277 g/mol. The van der Waals surface area contributed by atoms with Crippen molar-refractivity contribution in [2.45, 2.75) is 20.4 Å². The minimum Gasteiger partial charge on any atom is -0.492 e. The fourth-order valence-electron chi connectivity index (χ4n) is 1.72. The number of hydrogen-bond donors (Lipinski definition) is 1. The lowest BCUT2D eigenvalue weighted by molar-refractivity contribution is 0.341. The van der Waals surface area contributed by atoms with Crippen LogP contribution in [0.15, 0.2) is 36.5 Å². The van der Waals surface area contributed by atoms with Crippen LogP contribution in [-0.4, -0.2) is 11.6 Å². The molecular weight excluding hydrogens is 260 g/mol. The number of aryl methyl sites for hydroxylation is 1. The highest BCUT2D eigenvalue weighted by Crippen LogP contribution is 2.28. The summed E-state index contributed by atoms with van der Waals surface area (Å²) in [7, 11) is 0. The number of halogens is 1. The molecule has 0 radical (unpaired) electrons. The predicted octanol–water partition coefficient (Wildman–Crippen LogP) is 4.05. The molecule has 1 aromatic heterocycles. The third-order valence-electron chi connectivity index (χ3n) is 2.70. The summed E-state index contributed by atoms with van der Waals surface area (Å²) in [6, 6.07) is 9.62. The van der Waals surface area contributed by atoms with Gasteiger partial charge >= 0.3 is 0 Å². The molecule has 100 valence electrons. The number of pyridine rings is 1. The number of hydrogen-bond acceptors (Lipinski definition) is 3. The van der Waals surface area contributed by atoms with Crippen LogP contribution in [0.3, 0.4) is 0 Å². The monoisotopic (exact) mass is 276 g/mol. The Hall–Kier alpha value is -1.74. The molecule has 0 aliphatic heterocycles. The molecular formula is C15H17ClN2O. The van der Waals surface area contributed by atoms with Gasteiger partial charge < -0.3 is 10.1 Å². The minimum absolute atomic E-state index is 0.627. The van der Waals surface area contributed by atoms with Crippen LogP contribution in [0.4, 0.5) is 5.69 Å². The van der Waals surface area contributed by atoms with Crippen molar-refractivity contribution >= 4 is 17.3 Å². The van der Waals surface area contributed by atoms with Gasteiger partial charge in [0.1, 0.15) is 5.75 Å². The molecule has 0 aliphatic carbocycles. The highest BCUT2D eigenvalue weighted by atomic mass is 35.5. The van der Waals surface area contributed by atoms with Crippen LogP contribution in [0.25, 0.3) is 0 Å². The Balaban J connectivity index is 2.09. The van der Waals surface area contributed by atoms with Crippen molar-refractivity contribution in [2.75, 3.05) is 11.9 Å². The maximum atomic E-state index is 6.01. The normalized spacial score (nSPS) is 10.3. The number of anilines is 1. The van der Waals surface area contributed by atoms with Crippen LogP contribution in [-0.2, 0) is 6.54 Å². The SMILES string of the molecule is CCOc1ccc(Cl)cc1NCc1ccc(C)nc1. The standard InChI is InChI=1S/C15H17ClN2O/c1-3-19-15-7-6-13(16)8-14(15)18-10-12-5-4-11(2)17-9-12/h4-9,18H,3,10H2,1-2H3. The number of rotatable bonds is 5. The van der Waals surface area contributed by atoms with Crippen LogP contribution >= 0.6 is 11.6 Å². The zero-order valence-corrected chi connectivity index (χ0v) is 11.9. The molecule has 0 spiro atoms. The zero-order valence-electron chi connectivity index (χ0n) is 11.1. The van der Waals surface area contributed by atoms with E-state index in [1.807, 2.05) is 44.3 Å². The Labute approximate surface area is 118 Å². The van der Waals surface area contributed by atoms with E-state index in [-0.39, 0.29) is 0 Å². The third-order valence-corrected chi connectivity index (χ3v) is 2.93. The molecule has 4 heteroatoms. The van der Waals surface area contributed by atoms with Gasteiger partial charge in [-0.1, -0.05) is 17.7 Å². The summed E-state index contributed by atoms with van der Waals surface area (Å²) in [5.41, 5.74) is 3.03. The van der Waals surface area contributed by atoms with Gasteiger partial charge in [0.25, 0.3) is 0 Å². The van der Waals surface area contributed by atoms with Gasteiger partial charge in [0.15, 0.2) is 0 Å². The predicted molar refractivity (Wildman–Crippen MR) is 78.9 cm³/mol. The third kappa shape index (κ3) is 3.86. The van der Waals surface area contributed by atoms with E-state index in [1.165, 1.54) is 0 Å². The van der Waals surface area contributed by atoms with Crippen molar-refractivity contribution < 1.29 is 4.74 Å². The van der Waals surface area contributed by atoms with Gasteiger partial charge in [0, 0.05) is 23.5 Å². The molecule has 1 heterocycles. The van der Waals surface area contributed by atoms with Gasteiger partial charge in [-0.3, -0.25) is 4.98 Å². The van der Waals surface area contributed by atoms with Crippen LogP contribution in [0.5, 0.6) is 5.75 Å². The Morgan fingerprint density at radius 2 is 2.11 bits per heavy atom. The van der Waals surface area contributed by atoms with Gasteiger partial charge in [-0.2, -0.15) is 0 Å². The molecule has 0 bridgehead atoms. The van der Waals surface area contributed by atoms with Crippen molar-refractivity contribution in [3.63, 3.8) is 0 Å². The van der Waals surface area contributed by atoms with Gasteiger partial charge in [0.05, 0.1) is 12.3 Å². The molecule has 0 aliphatic rings. The molecule has 2 rings (SSSR count). The quantitative estimate of drug-likeness (QED) is 0.894.